The van der Waals surface area contributed by atoms with Crippen LogP contribution >= 0.6 is 23.4 Å². The summed E-state index contributed by atoms with van der Waals surface area (Å²) in [4.78, 5) is 17.2. The van der Waals surface area contributed by atoms with Gasteiger partial charge in [0.05, 0.1) is 17.0 Å². The molecule has 0 atom stereocenters. The molecule has 0 amide bonds. The van der Waals surface area contributed by atoms with Crippen molar-refractivity contribution in [1.29, 1.82) is 5.26 Å². The lowest BCUT2D eigenvalue weighted by Gasteiger charge is -2.16. The van der Waals surface area contributed by atoms with E-state index in [1.165, 1.54) is 11.8 Å². The maximum absolute atomic E-state index is 12.6. The summed E-state index contributed by atoms with van der Waals surface area (Å²) in [5, 5.41) is 10.4. The number of aromatic nitrogens is 2. The Kier molecular flexibility index (Phi) is 5.27. The molecule has 0 aliphatic carbocycles. The molecule has 6 heteroatoms. The lowest BCUT2D eigenvalue weighted by Crippen LogP contribution is -2.25. The number of unbranched alkanes of at least 4 members (excludes halogenated alkanes) is 1. The van der Waals surface area contributed by atoms with Gasteiger partial charge in [0.2, 0.25) is 0 Å². The Hall–Kier alpha value is -1.51. The maximum Gasteiger partial charge on any atom is 0.262 e. The van der Waals surface area contributed by atoms with Gasteiger partial charge in [-0.3, -0.25) is 9.36 Å². The molecule has 110 valence electrons. The molecule has 2 aromatic rings. The molecule has 1 aromatic heterocycles. The van der Waals surface area contributed by atoms with Crippen molar-refractivity contribution in [3.8, 4) is 6.07 Å². The van der Waals surface area contributed by atoms with Crippen molar-refractivity contribution < 1.29 is 0 Å². The Morgan fingerprint density at radius 1 is 1.48 bits per heavy atom. The van der Waals surface area contributed by atoms with Gasteiger partial charge in [-0.1, -0.05) is 23.4 Å². The Morgan fingerprint density at radius 3 is 2.90 bits per heavy atom. The van der Waals surface area contributed by atoms with Crippen molar-refractivity contribution in [3.05, 3.63) is 33.6 Å². The van der Waals surface area contributed by atoms with Crippen LogP contribution in [0, 0.1) is 11.3 Å². The van der Waals surface area contributed by atoms with Crippen molar-refractivity contribution in [1.82, 2.24) is 9.55 Å². The predicted molar refractivity (Wildman–Crippen MR) is 87.0 cm³/mol. The molecule has 0 bridgehead atoms. The smallest absolute Gasteiger partial charge is 0.262 e. The minimum Gasteiger partial charge on any atom is -0.285 e. The Morgan fingerprint density at radius 2 is 2.24 bits per heavy atom. The fourth-order valence-electron chi connectivity index (χ4n) is 2.02. The first-order valence-electron chi connectivity index (χ1n) is 6.76. The number of nitrogens with zero attached hydrogens (tertiary/aromatic N) is 3. The maximum atomic E-state index is 12.6. The van der Waals surface area contributed by atoms with E-state index >= 15 is 0 Å². The zero-order chi connectivity index (χ0) is 15.4. The van der Waals surface area contributed by atoms with Crippen LogP contribution in [0.25, 0.3) is 10.9 Å². The third-order valence-electron chi connectivity index (χ3n) is 3.01. The second-order valence-corrected chi connectivity index (χ2v) is 6.43. The van der Waals surface area contributed by atoms with E-state index in [0.717, 1.165) is 12.2 Å². The lowest BCUT2D eigenvalue weighted by molar-refractivity contribution is 0.519. The number of nitriles is 1. The van der Waals surface area contributed by atoms with Gasteiger partial charge in [-0.15, -0.1) is 0 Å². The van der Waals surface area contributed by atoms with Gasteiger partial charge in [-0.2, -0.15) is 5.26 Å². The van der Waals surface area contributed by atoms with Crippen LogP contribution in [0.2, 0.25) is 5.02 Å². The summed E-state index contributed by atoms with van der Waals surface area (Å²) in [5.74, 6) is 0.763. The van der Waals surface area contributed by atoms with Gasteiger partial charge in [0.1, 0.15) is 0 Å². The van der Waals surface area contributed by atoms with E-state index in [2.05, 4.69) is 11.1 Å². The summed E-state index contributed by atoms with van der Waals surface area (Å²) in [6, 6.07) is 7.29. The molecule has 1 heterocycles. The number of hydrogen-bond acceptors (Lipinski definition) is 4. The fraction of sp³-hybridized carbons (Fsp3) is 0.400. The summed E-state index contributed by atoms with van der Waals surface area (Å²) in [6.45, 7) is 3.92. The van der Waals surface area contributed by atoms with E-state index < -0.39 is 0 Å². The highest BCUT2D eigenvalue weighted by Crippen LogP contribution is 2.23. The standard InChI is InChI=1S/C15H16ClN3OS/c1-10(2)19-14(20)12-6-5-11(16)9-13(12)18-15(19)21-8-4-3-7-17/h5-6,9-10H,3-4,8H2,1-2H3. The number of halogens is 1. The number of fused-ring (bicyclic) bond motifs is 1. The number of hydrogen-bond donors (Lipinski definition) is 0. The number of rotatable bonds is 5. The molecular weight excluding hydrogens is 306 g/mol. The molecular formula is C15H16ClN3OS. The van der Waals surface area contributed by atoms with Gasteiger partial charge in [0.15, 0.2) is 5.16 Å². The Balaban J connectivity index is 2.49. The lowest BCUT2D eigenvalue weighted by atomic mass is 10.2. The van der Waals surface area contributed by atoms with Crippen LogP contribution < -0.4 is 5.56 Å². The third-order valence-corrected chi connectivity index (χ3v) is 4.29. The zero-order valence-electron chi connectivity index (χ0n) is 12.0. The second kappa shape index (κ2) is 6.97. The molecule has 0 radical (unpaired) electrons. The van der Waals surface area contributed by atoms with Gasteiger partial charge in [0.25, 0.3) is 5.56 Å². The van der Waals surface area contributed by atoms with E-state index in [1.54, 1.807) is 22.8 Å². The fourth-order valence-corrected chi connectivity index (χ4v) is 3.26. The predicted octanol–water partition coefficient (Wildman–Crippen LogP) is 4.03. The first kappa shape index (κ1) is 15.9. The highest BCUT2D eigenvalue weighted by atomic mass is 35.5. The first-order valence-corrected chi connectivity index (χ1v) is 8.12. The SMILES string of the molecule is CC(C)n1c(SCCCC#N)nc2cc(Cl)ccc2c1=O. The van der Waals surface area contributed by atoms with Crippen LogP contribution in [0.4, 0.5) is 0 Å². The molecule has 0 fully saturated rings. The molecule has 0 saturated carbocycles. The van der Waals surface area contributed by atoms with Crippen LogP contribution in [-0.4, -0.2) is 15.3 Å². The van der Waals surface area contributed by atoms with Crippen molar-refractivity contribution in [2.75, 3.05) is 5.75 Å². The van der Waals surface area contributed by atoms with Crippen LogP contribution in [-0.2, 0) is 0 Å². The monoisotopic (exact) mass is 321 g/mol. The second-order valence-electron chi connectivity index (χ2n) is 4.93. The minimum absolute atomic E-state index is 0.0311. The van der Waals surface area contributed by atoms with Crippen LogP contribution in [0.3, 0.4) is 0 Å². The van der Waals surface area contributed by atoms with Gasteiger partial charge >= 0.3 is 0 Å². The molecule has 0 N–H and O–H groups in total. The van der Waals surface area contributed by atoms with Gasteiger partial charge in [0, 0.05) is 23.2 Å². The normalized spacial score (nSPS) is 11.0. The topological polar surface area (TPSA) is 58.7 Å². The van der Waals surface area contributed by atoms with Crippen LogP contribution in [0.15, 0.2) is 28.2 Å². The molecule has 0 aliphatic rings. The molecule has 0 aliphatic heterocycles. The summed E-state index contributed by atoms with van der Waals surface area (Å²) in [5.41, 5.74) is 0.571. The van der Waals surface area contributed by atoms with Crippen molar-refractivity contribution in [3.63, 3.8) is 0 Å². The van der Waals surface area contributed by atoms with Gasteiger partial charge in [-0.05, 0) is 38.5 Å². The molecule has 0 saturated heterocycles. The van der Waals surface area contributed by atoms with Gasteiger partial charge < -0.3 is 0 Å². The van der Waals surface area contributed by atoms with Crippen molar-refractivity contribution in [2.24, 2.45) is 0 Å². The minimum atomic E-state index is -0.0468. The van der Waals surface area contributed by atoms with Gasteiger partial charge in [-0.25, -0.2) is 4.98 Å². The van der Waals surface area contributed by atoms with E-state index in [4.69, 9.17) is 16.9 Å². The highest BCUT2D eigenvalue weighted by molar-refractivity contribution is 7.99. The average molecular weight is 322 g/mol. The number of benzene rings is 1. The quantitative estimate of drug-likeness (QED) is 0.474. The van der Waals surface area contributed by atoms with E-state index in [9.17, 15) is 4.79 Å². The zero-order valence-corrected chi connectivity index (χ0v) is 13.5. The van der Waals surface area contributed by atoms with E-state index in [1.807, 2.05) is 13.8 Å². The van der Waals surface area contributed by atoms with E-state index in [0.29, 0.717) is 27.5 Å². The summed E-state index contributed by atoms with van der Waals surface area (Å²) in [6.07, 6.45) is 1.29. The van der Waals surface area contributed by atoms with Crippen molar-refractivity contribution >= 4 is 34.3 Å². The highest BCUT2D eigenvalue weighted by Gasteiger charge is 2.14. The summed E-state index contributed by atoms with van der Waals surface area (Å²) < 4.78 is 1.70. The van der Waals surface area contributed by atoms with E-state index in [-0.39, 0.29) is 11.6 Å². The molecule has 2 rings (SSSR count). The largest absolute Gasteiger partial charge is 0.285 e. The summed E-state index contributed by atoms with van der Waals surface area (Å²) >= 11 is 7.49. The Labute approximate surface area is 132 Å². The Bertz CT molecular complexity index is 749. The molecule has 4 nitrogen and oxygen atoms in total. The molecule has 1 aromatic carbocycles. The first-order chi connectivity index (χ1) is 10.0. The molecule has 0 spiro atoms. The molecule has 21 heavy (non-hydrogen) atoms. The summed E-state index contributed by atoms with van der Waals surface area (Å²) in [7, 11) is 0. The molecule has 0 unspecified atom stereocenters. The average Bonchev–Trinajstić information content (AvgIpc) is 2.42. The number of thioether (sulfide) groups is 1. The van der Waals surface area contributed by atoms with Crippen molar-refractivity contribution in [2.45, 2.75) is 37.9 Å². The van der Waals surface area contributed by atoms with Crippen LogP contribution in [0.1, 0.15) is 32.7 Å². The van der Waals surface area contributed by atoms with Crippen LogP contribution in [0.5, 0.6) is 0 Å². The third kappa shape index (κ3) is 3.58.